The number of carbonyl (C=O) groups excluding carboxylic acids is 2. The van der Waals surface area contributed by atoms with Crippen LogP contribution in [0.1, 0.15) is 53.3 Å². The van der Waals surface area contributed by atoms with E-state index in [2.05, 4.69) is 6.92 Å². The molecule has 2 aromatic carbocycles. The van der Waals surface area contributed by atoms with E-state index in [9.17, 15) is 9.59 Å². The van der Waals surface area contributed by atoms with Gasteiger partial charge < -0.3 is 9.47 Å². The van der Waals surface area contributed by atoms with Gasteiger partial charge in [0.05, 0.1) is 11.1 Å². The Balaban J connectivity index is 1.41. The highest BCUT2D eigenvalue weighted by Crippen LogP contribution is 2.60. The number of rotatable bonds is 4. The van der Waals surface area contributed by atoms with Gasteiger partial charge in [0.25, 0.3) is 0 Å². The summed E-state index contributed by atoms with van der Waals surface area (Å²) in [6.45, 7) is 2.33. The highest BCUT2D eigenvalue weighted by Gasteiger charge is 2.62. The Labute approximate surface area is 177 Å². The van der Waals surface area contributed by atoms with Crippen LogP contribution >= 0.6 is 0 Å². The Bertz CT molecular complexity index is 909. The molecule has 0 saturated heterocycles. The second-order valence-corrected chi connectivity index (χ2v) is 9.18. The zero-order chi connectivity index (χ0) is 20.7. The number of hydrogen-bond acceptors (Lipinski definition) is 4. The summed E-state index contributed by atoms with van der Waals surface area (Å²) in [5.41, 5.74) is 1.09. The number of fused-ring (bicyclic) bond motifs is 5. The lowest BCUT2D eigenvalue weighted by Gasteiger charge is -2.45. The van der Waals surface area contributed by atoms with Crippen molar-refractivity contribution in [2.45, 2.75) is 44.8 Å². The Hall–Kier alpha value is -2.62. The normalized spacial score (nSPS) is 34.2. The monoisotopic (exact) mass is 404 g/mol. The molecule has 3 fully saturated rings. The van der Waals surface area contributed by atoms with Gasteiger partial charge in [-0.05, 0) is 54.9 Å². The van der Waals surface area contributed by atoms with E-state index in [1.807, 2.05) is 36.4 Å². The van der Waals surface area contributed by atoms with E-state index >= 15 is 0 Å². The fourth-order valence-corrected chi connectivity index (χ4v) is 6.43. The lowest BCUT2D eigenvalue weighted by molar-refractivity contribution is -0.0954. The summed E-state index contributed by atoms with van der Waals surface area (Å²) in [6.07, 6.45) is 3.92. The third-order valence-corrected chi connectivity index (χ3v) is 7.61. The van der Waals surface area contributed by atoms with Gasteiger partial charge in [0.15, 0.2) is 0 Å². The molecule has 5 rings (SSSR count). The summed E-state index contributed by atoms with van der Waals surface area (Å²) < 4.78 is 12.1. The van der Waals surface area contributed by atoms with Crippen molar-refractivity contribution in [3.05, 3.63) is 71.8 Å². The average molecular weight is 405 g/mol. The molecule has 30 heavy (non-hydrogen) atoms. The number of ether oxygens (including phenoxy) is 2. The summed E-state index contributed by atoms with van der Waals surface area (Å²) in [7, 11) is 0. The second-order valence-electron chi connectivity index (χ2n) is 9.18. The first-order valence-corrected chi connectivity index (χ1v) is 11.2. The van der Waals surface area contributed by atoms with Gasteiger partial charge in [-0.1, -0.05) is 56.2 Å². The molecule has 0 heterocycles. The van der Waals surface area contributed by atoms with Gasteiger partial charge in [-0.3, -0.25) is 0 Å². The van der Waals surface area contributed by atoms with Gasteiger partial charge in [-0.15, -0.1) is 0 Å². The number of benzene rings is 2. The molecule has 0 aromatic heterocycles. The van der Waals surface area contributed by atoms with Crippen molar-refractivity contribution in [1.29, 1.82) is 0 Å². The SMILES string of the molecule is C[C@H]1CCCC2C1[C@H]1C[C@@H]2[C@H](OC(=O)c2ccccc2)[C@@H]1OC(=O)c1ccccc1. The van der Waals surface area contributed by atoms with E-state index in [1.165, 1.54) is 19.3 Å². The van der Waals surface area contributed by atoms with Crippen LogP contribution in [0.4, 0.5) is 0 Å². The van der Waals surface area contributed by atoms with Crippen molar-refractivity contribution >= 4 is 11.9 Å². The van der Waals surface area contributed by atoms with Crippen LogP contribution in [0.25, 0.3) is 0 Å². The predicted octanol–water partition coefficient (Wildman–Crippen LogP) is 5.14. The molecule has 2 aromatic rings. The average Bonchev–Trinajstić information content (AvgIpc) is 3.32. The molecular formula is C26H28O4. The lowest BCUT2D eigenvalue weighted by atomic mass is 9.64. The minimum absolute atomic E-state index is 0.275. The Kier molecular flexibility index (Phi) is 5.10. The van der Waals surface area contributed by atoms with Crippen LogP contribution in [-0.4, -0.2) is 24.1 Å². The van der Waals surface area contributed by atoms with Crippen molar-refractivity contribution in [2.24, 2.45) is 29.6 Å². The third-order valence-electron chi connectivity index (χ3n) is 7.61. The van der Waals surface area contributed by atoms with Gasteiger partial charge in [0.2, 0.25) is 0 Å². The molecule has 4 nitrogen and oxygen atoms in total. The first-order chi connectivity index (χ1) is 14.6. The molecule has 2 unspecified atom stereocenters. The minimum Gasteiger partial charge on any atom is -0.455 e. The van der Waals surface area contributed by atoms with Gasteiger partial charge >= 0.3 is 11.9 Å². The molecule has 0 spiro atoms. The summed E-state index contributed by atoms with van der Waals surface area (Å²) >= 11 is 0. The van der Waals surface area contributed by atoms with E-state index < -0.39 is 0 Å². The molecule has 7 atom stereocenters. The fraction of sp³-hybridized carbons (Fsp3) is 0.462. The largest absolute Gasteiger partial charge is 0.455 e. The van der Waals surface area contributed by atoms with Gasteiger partial charge in [0, 0.05) is 11.8 Å². The zero-order valence-electron chi connectivity index (χ0n) is 17.3. The molecule has 0 aliphatic heterocycles. The first-order valence-electron chi connectivity index (χ1n) is 11.2. The van der Waals surface area contributed by atoms with E-state index in [0.717, 1.165) is 6.42 Å². The molecule has 3 aliphatic carbocycles. The van der Waals surface area contributed by atoms with Gasteiger partial charge in [0.1, 0.15) is 12.2 Å². The second kappa shape index (κ2) is 7.90. The van der Waals surface area contributed by atoms with Gasteiger partial charge in [-0.25, -0.2) is 9.59 Å². The number of esters is 2. The van der Waals surface area contributed by atoms with Crippen LogP contribution in [-0.2, 0) is 9.47 Å². The van der Waals surface area contributed by atoms with Crippen LogP contribution in [0.2, 0.25) is 0 Å². The maximum atomic E-state index is 12.9. The highest BCUT2D eigenvalue weighted by molar-refractivity contribution is 5.90. The van der Waals surface area contributed by atoms with Crippen LogP contribution in [0.15, 0.2) is 60.7 Å². The fourth-order valence-electron chi connectivity index (χ4n) is 6.43. The van der Waals surface area contributed by atoms with Crippen molar-refractivity contribution in [2.75, 3.05) is 0 Å². The van der Waals surface area contributed by atoms with E-state index in [0.29, 0.717) is 28.9 Å². The molecule has 0 radical (unpaired) electrons. The van der Waals surface area contributed by atoms with Crippen LogP contribution < -0.4 is 0 Å². The van der Waals surface area contributed by atoms with Crippen molar-refractivity contribution in [3.63, 3.8) is 0 Å². The summed E-state index contributed by atoms with van der Waals surface area (Å²) in [5.74, 6) is 1.66. The predicted molar refractivity (Wildman–Crippen MR) is 113 cm³/mol. The molecule has 3 saturated carbocycles. The number of hydrogen-bond donors (Lipinski definition) is 0. The van der Waals surface area contributed by atoms with Crippen LogP contribution in [0, 0.1) is 29.6 Å². The van der Waals surface area contributed by atoms with Crippen LogP contribution in [0.3, 0.4) is 0 Å². The first kappa shape index (κ1) is 19.3. The maximum absolute atomic E-state index is 12.9. The van der Waals surface area contributed by atoms with E-state index in [-0.39, 0.29) is 36.0 Å². The molecular weight excluding hydrogens is 376 g/mol. The molecule has 3 aliphatic rings. The van der Waals surface area contributed by atoms with Crippen molar-refractivity contribution in [1.82, 2.24) is 0 Å². The van der Waals surface area contributed by atoms with Crippen molar-refractivity contribution < 1.29 is 19.1 Å². The molecule has 0 amide bonds. The van der Waals surface area contributed by atoms with Crippen molar-refractivity contribution in [3.8, 4) is 0 Å². The Morgan fingerprint density at radius 3 is 1.83 bits per heavy atom. The lowest BCUT2D eigenvalue weighted by Crippen LogP contribution is -2.49. The Morgan fingerprint density at radius 1 is 0.733 bits per heavy atom. The molecule has 156 valence electrons. The van der Waals surface area contributed by atoms with Gasteiger partial charge in [-0.2, -0.15) is 0 Å². The summed E-state index contributed by atoms with van der Waals surface area (Å²) in [4.78, 5) is 25.7. The number of carbonyl (C=O) groups is 2. The third kappa shape index (κ3) is 3.32. The molecule has 2 bridgehead atoms. The zero-order valence-corrected chi connectivity index (χ0v) is 17.3. The van der Waals surface area contributed by atoms with Crippen LogP contribution in [0.5, 0.6) is 0 Å². The molecule has 4 heteroatoms. The smallest absolute Gasteiger partial charge is 0.338 e. The summed E-state index contributed by atoms with van der Waals surface area (Å²) in [5, 5.41) is 0. The minimum atomic E-state index is -0.364. The topological polar surface area (TPSA) is 52.6 Å². The highest BCUT2D eigenvalue weighted by atomic mass is 16.6. The maximum Gasteiger partial charge on any atom is 0.338 e. The Morgan fingerprint density at radius 2 is 1.27 bits per heavy atom. The molecule has 0 N–H and O–H groups in total. The van der Waals surface area contributed by atoms with E-state index in [1.54, 1.807) is 24.3 Å². The summed E-state index contributed by atoms with van der Waals surface area (Å²) in [6, 6.07) is 18.2. The van der Waals surface area contributed by atoms with E-state index in [4.69, 9.17) is 9.47 Å². The quantitative estimate of drug-likeness (QED) is 0.662. The standard InChI is InChI=1S/C26H28O4/c1-16-9-8-14-19-20-15-21(22(16)19)24(30-26(28)18-12-6-3-7-13-18)23(20)29-25(27)17-10-4-2-5-11-17/h2-7,10-13,16,19-24H,8-9,14-15H2,1H3/t16-,19?,20-,21+,22?,23-,24+/m0/s1.